The van der Waals surface area contributed by atoms with Gasteiger partial charge in [-0.05, 0) is 63.4 Å². The summed E-state index contributed by atoms with van der Waals surface area (Å²) in [7, 11) is 1.61. The Morgan fingerprint density at radius 2 is 1.40 bits per heavy atom. The molecule has 2 aromatic carbocycles. The minimum absolute atomic E-state index is 0.0400. The summed E-state index contributed by atoms with van der Waals surface area (Å²) < 4.78 is 20.4. The van der Waals surface area contributed by atoms with Crippen LogP contribution >= 0.6 is 0 Å². The highest BCUT2D eigenvalue weighted by Gasteiger charge is 2.38. The number of ether oxygens (including phenoxy) is 3. The number of nitriles is 1. The number of hydrogen-bond acceptors (Lipinski definition) is 9. The van der Waals surface area contributed by atoms with Crippen LogP contribution in [0.15, 0.2) is 85.2 Å². The fraction of sp³-hybridized carbons (Fsp3) is 0.237. The highest BCUT2D eigenvalue weighted by Crippen LogP contribution is 2.31. The minimum Gasteiger partial charge on any atom is -0.480 e. The molecule has 0 spiro atoms. The number of carboxylic acids is 1. The summed E-state index contributed by atoms with van der Waals surface area (Å²) in [5, 5.41) is 20.3. The second-order valence-electron chi connectivity index (χ2n) is 12.1. The summed E-state index contributed by atoms with van der Waals surface area (Å²) in [6.45, 7) is 2.69. The first kappa shape index (κ1) is 33.7. The molecule has 1 N–H and O–H groups in total. The molecule has 12 nitrogen and oxygen atoms in total. The van der Waals surface area contributed by atoms with Crippen molar-refractivity contribution in [3.8, 4) is 11.8 Å². The van der Waals surface area contributed by atoms with Crippen molar-refractivity contribution in [3.05, 3.63) is 102 Å². The van der Waals surface area contributed by atoms with Crippen molar-refractivity contribution >= 4 is 56.5 Å². The van der Waals surface area contributed by atoms with Gasteiger partial charge in [0.15, 0.2) is 12.4 Å². The normalized spacial score (nSPS) is 12.6. The molecule has 254 valence electrons. The molecule has 6 rings (SSSR count). The number of pyridine rings is 2. The average Bonchev–Trinajstić information content (AvgIpc) is 3.62. The fourth-order valence-corrected chi connectivity index (χ4v) is 6.18. The Labute approximate surface area is 286 Å². The van der Waals surface area contributed by atoms with Crippen LogP contribution in [0.4, 0.5) is 0 Å². The highest BCUT2D eigenvalue weighted by molar-refractivity contribution is 6.13. The van der Waals surface area contributed by atoms with E-state index in [4.69, 9.17) is 19.5 Å². The number of aliphatic carboxylic acids is 1. The van der Waals surface area contributed by atoms with E-state index < -0.39 is 23.4 Å². The maximum Gasteiger partial charge on any atom is 0.341 e. The molecule has 0 bridgehead atoms. The van der Waals surface area contributed by atoms with E-state index in [0.717, 1.165) is 0 Å². The molecule has 0 amide bonds. The van der Waals surface area contributed by atoms with Crippen LogP contribution in [0.25, 0.3) is 32.8 Å². The zero-order chi connectivity index (χ0) is 35.6. The van der Waals surface area contributed by atoms with Gasteiger partial charge in [-0.2, -0.15) is 5.26 Å². The number of rotatable bonds is 13. The van der Waals surface area contributed by atoms with E-state index in [9.17, 15) is 24.3 Å². The van der Waals surface area contributed by atoms with Crippen molar-refractivity contribution in [1.82, 2.24) is 13.7 Å². The lowest BCUT2D eigenvalue weighted by Gasteiger charge is -2.34. The number of nitrogens with zero attached hydrogens (tertiary/aromatic N) is 4. The first-order valence-corrected chi connectivity index (χ1v) is 15.9. The summed E-state index contributed by atoms with van der Waals surface area (Å²) in [4.78, 5) is 53.0. The van der Waals surface area contributed by atoms with Gasteiger partial charge >= 0.3 is 17.9 Å². The lowest BCUT2D eigenvalue weighted by Crippen LogP contribution is -2.52. The van der Waals surface area contributed by atoms with E-state index in [1.807, 2.05) is 39.3 Å². The van der Waals surface area contributed by atoms with Gasteiger partial charge in [0.2, 0.25) is 0 Å². The van der Waals surface area contributed by atoms with Crippen molar-refractivity contribution in [1.29, 1.82) is 5.26 Å². The van der Waals surface area contributed by atoms with Crippen molar-refractivity contribution < 1.29 is 38.5 Å². The molecule has 0 saturated heterocycles. The second kappa shape index (κ2) is 13.7. The predicted molar refractivity (Wildman–Crippen MR) is 185 cm³/mol. The molecule has 0 aliphatic heterocycles. The molecule has 50 heavy (non-hydrogen) atoms. The van der Waals surface area contributed by atoms with Crippen molar-refractivity contribution in [2.24, 2.45) is 0 Å². The molecule has 4 heterocycles. The van der Waals surface area contributed by atoms with Crippen LogP contribution in [0.5, 0.6) is 5.75 Å². The molecule has 0 fully saturated rings. The SMILES string of the molecule is CC(=O)c1ccc2c(C(=O)OCCC(C)(C(=O)O)N(C)CCOC(=O)c3c4ccc(OCC#N)cc4n4ccccc34)c3ccccn3c2c1. The number of aromatic nitrogens is 2. The summed E-state index contributed by atoms with van der Waals surface area (Å²) in [5.41, 5.74) is 2.34. The molecular formula is C38H34N4O8. The summed E-state index contributed by atoms with van der Waals surface area (Å²) >= 11 is 0. The third-order valence-corrected chi connectivity index (χ3v) is 9.16. The lowest BCUT2D eigenvalue weighted by molar-refractivity contribution is -0.151. The summed E-state index contributed by atoms with van der Waals surface area (Å²) in [6, 6.07) is 23.1. The highest BCUT2D eigenvalue weighted by atomic mass is 16.5. The number of hydrogen-bond donors (Lipinski definition) is 1. The maximum absolute atomic E-state index is 13.4. The van der Waals surface area contributed by atoms with Gasteiger partial charge in [-0.1, -0.05) is 24.3 Å². The second-order valence-corrected chi connectivity index (χ2v) is 12.1. The van der Waals surface area contributed by atoms with Crippen LogP contribution in [-0.2, 0) is 14.3 Å². The van der Waals surface area contributed by atoms with Crippen LogP contribution in [0.3, 0.4) is 0 Å². The topological polar surface area (TPSA) is 152 Å². The smallest absolute Gasteiger partial charge is 0.341 e. The van der Waals surface area contributed by atoms with Gasteiger partial charge in [0.05, 0.1) is 39.8 Å². The van der Waals surface area contributed by atoms with Gasteiger partial charge in [-0.3, -0.25) is 14.5 Å². The number of likely N-dealkylation sites (N-methyl/N-ethyl adjacent to an activating group) is 1. The molecule has 0 radical (unpaired) electrons. The van der Waals surface area contributed by atoms with E-state index in [1.54, 1.807) is 72.7 Å². The van der Waals surface area contributed by atoms with Gasteiger partial charge < -0.3 is 28.1 Å². The summed E-state index contributed by atoms with van der Waals surface area (Å²) in [6.07, 6.45) is 3.57. The minimum atomic E-state index is -1.45. The third kappa shape index (κ3) is 6.10. The Balaban J connectivity index is 1.13. The van der Waals surface area contributed by atoms with Crippen LogP contribution < -0.4 is 4.74 Å². The van der Waals surface area contributed by atoms with Crippen LogP contribution in [0, 0.1) is 11.3 Å². The van der Waals surface area contributed by atoms with E-state index in [2.05, 4.69) is 0 Å². The van der Waals surface area contributed by atoms with Gasteiger partial charge in [-0.15, -0.1) is 0 Å². The molecule has 1 unspecified atom stereocenters. The number of ketones is 1. The molecule has 0 saturated carbocycles. The Bertz CT molecular complexity index is 2350. The third-order valence-electron chi connectivity index (χ3n) is 9.16. The zero-order valence-corrected chi connectivity index (χ0v) is 27.7. The number of benzene rings is 2. The number of esters is 2. The number of Topliss-reactive ketones (excluding diaryl/α,β-unsaturated/α-hetero) is 1. The maximum atomic E-state index is 13.4. The molecule has 0 aliphatic carbocycles. The van der Waals surface area contributed by atoms with E-state index in [0.29, 0.717) is 55.3 Å². The van der Waals surface area contributed by atoms with Gasteiger partial charge in [-0.25, -0.2) is 9.59 Å². The molecule has 4 aromatic heterocycles. The van der Waals surface area contributed by atoms with Crippen LogP contribution in [0.2, 0.25) is 0 Å². The standard InChI is InChI=1S/C38H34N4O8/c1-24(43)25-10-12-27-31(22-25)41-16-6-4-8-29(41)33(27)35(44)49-19-14-38(2,37(46)47)40(3)18-21-50-36(45)34-28-13-11-26(48-20-15-39)23-32(28)42-17-7-5-9-30(34)42/h4-13,16-17,22-23H,14,18-21H2,1-3H3,(H,46,47). The number of fused-ring (bicyclic) bond motifs is 6. The largest absolute Gasteiger partial charge is 0.480 e. The molecule has 12 heteroatoms. The Hall–Kier alpha value is -6.19. The predicted octanol–water partition coefficient (Wildman–Crippen LogP) is 5.78. The molecule has 1 atom stereocenters. The van der Waals surface area contributed by atoms with E-state index >= 15 is 0 Å². The molecular weight excluding hydrogens is 640 g/mol. The zero-order valence-electron chi connectivity index (χ0n) is 27.7. The van der Waals surface area contributed by atoms with Crippen molar-refractivity contribution in [2.45, 2.75) is 25.8 Å². The Kier molecular flexibility index (Phi) is 9.26. The van der Waals surface area contributed by atoms with E-state index in [-0.39, 0.29) is 38.6 Å². The van der Waals surface area contributed by atoms with Gasteiger partial charge in [0, 0.05) is 47.8 Å². The fourth-order valence-electron chi connectivity index (χ4n) is 6.18. The quantitative estimate of drug-likeness (QED) is 0.118. The van der Waals surface area contributed by atoms with Crippen LogP contribution in [0.1, 0.15) is 51.3 Å². The van der Waals surface area contributed by atoms with E-state index in [1.165, 1.54) is 13.8 Å². The Morgan fingerprint density at radius 3 is 1.98 bits per heavy atom. The average molecular weight is 675 g/mol. The summed E-state index contributed by atoms with van der Waals surface area (Å²) in [5.74, 6) is -1.92. The number of carbonyl (C=O) groups excluding carboxylic acids is 3. The van der Waals surface area contributed by atoms with Crippen LogP contribution in [-0.4, -0.2) is 81.5 Å². The first-order chi connectivity index (χ1) is 24.0. The molecule has 6 aromatic rings. The van der Waals surface area contributed by atoms with Crippen molar-refractivity contribution in [3.63, 3.8) is 0 Å². The van der Waals surface area contributed by atoms with Gasteiger partial charge in [0.25, 0.3) is 0 Å². The lowest BCUT2D eigenvalue weighted by atomic mass is 9.96. The first-order valence-electron chi connectivity index (χ1n) is 15.9. The Morgan fingerprint density at radius 1 is 0.820 bits per heavy atom. The van der Waals surface area contributed by atoms with Crippen molar-refractivity contribution in [2.75, 3.05) is 33.4 Å². The number of carbonyl (C=O) groups is 4. The monoisotopic (exact) mass is 674 g/mol. The number of carboxylic acid groups (broad SMARTS) is 1. The molecule has 0 aliphatic rings. The van der Waals surface area contributed by atoms with Gasteiger partial charge in [0.1, 0.15) is 24.0 Å².